The number of carbonyl (C=O) groups is 1. The quantitative estimate of drug-likeness (QED) is 0.813. The molecule has 1 rings (SSSR count). The average Bonchev–Trinajstić information content (AvgIpc) is 2.36. The zero-order chi connectivity index (χ0) is 12.7. The van der Waals surface area contributed by atoms with Gasteiger partial charge in [-0.05, 0) is 18.2 Å². The lowest BCUT2D eigenvalue weighted by molar-refractivity contribution is -0.122. The number of amides is 1. The smallest absolute Gasteiger partial charge is 0.241 e. The van der Waals surface area contributed by atoms with Gasteiger partial charge in [0, 0.05) is 11.8 Å². The number of nitrogens with two attached hydrogens (primary N) is 1. The number of nitrogens with one attached hydrogen (secondary N) is 1. The lowest BCUT2D eigenvalue weighted by Gasteiger charge is -2.17. The number of hydrogen-bond acceptors (Lipinski definition) is 3. The molecule has 0 spiro atoms. The van der Waals surface area contributed by atoms with Crippen LogP contribution in [0.3, 0.4) is 0 Å². The fourth-order valence-electron chi connectivity index (χ4n) is 1.48. The fraction of sp³-hybridized carbons (Fsp3) is 0.462. The van der Waals surface area contributed by atoms with Gasteiger partial charge in [-0.15, -0.1) is 0 Å². The van der Waals surface area contributed by atoms with Crippen LogP contribution in [0.15, 0.2) is 30.3 Å². The Morgan fingerprint density at radius 3 is 2.65 bits per heavy atom. The number of thioether (sulfide) groups is 1. The maximum Gasteiger partial charge on any atom is 0.241 e. The minimum atomic E-state index is -0.578. The van der Waals surface area contributed by atoms with Crippen molar-refractivity contribution in [3.05, 3.63) is 35.9 Å². The van der Waals surface area contributed by atoms with E-state index in [1.165, 1.54) is 0 Å². The molecular weight excluding hydrogens is 232 g/mol. The molecular formula is C13H20N2OS. The van der Waals surface area contributed by atoms with Crippen molar-refractivity contribution in [3.63, 3.8) is 0 Å². The summed E-state index contributed by atoms with van der Waals surface area (Å²) in [5, 5.41) is 2.93. The summed E-state index contributed by atoms with van der Waals surface area (Å²) in [7, 11) is 0. The second-order valence-corrected chi connectivity index (χ2v) is 5.28. The zero-order valence-corrected chi connectivity index (χ0v) is 11.2. The summed E-state index contributed by atoms with van der Waals surface area (Å²) in [6.07, 6.45) is 0. The topological polar surface area (TPSA) is 55.1 Å². The largest absolute Gasteiger partial charge is 0.351 e. The molecule has 0 aliphatic rings. The Bertz CT molecular complexity index is 343. The van der Waals surface area contributed by atoms with Gasteiger partial charge >= 0.3 is 0 Å². The predicted octanol–water partition coefficient (Wildman–Crippen LogP) is 1.94. The molecule has 1 amide bonds. The molecule has 0 bridgehead atoms. The number of benzene rings is 1. The Morgan fingerprint density at radius 1 is 1.41 bits per heavy atom. The molecule has 17 heavy (non-hydrogen) atoms. The molecule has 0 fully saturated rings. The third kappa shape index (κ3) is 4.79. The molecule has 0 aromatic heterocycles. The second kappa shape index (κ2) is 7.35. The Morgan fingerprint density at radius 2 is 2.06 bits per heavy atom. The average molecular weight is 252 g/mol. The van der Waals surface area contributed by atoms with Gasteiger partial charge in [-0.25, -0.2) is 0 Å². The minimum Gasteiger partial charge on any atom is -0.351 e. The maximum absolute atomic E-state index is 11.9. The molecule has 3 nitrogen and oxygen atoms in total. The third-order valence-corrected chi connectivity index (χ3v) is 3.55. The van der Waals surface area contributed by atoms with Crippen LogP contribution in [-0.4, -0.2) is 23.5 Å². The van der Waals surface area contributed by atoms with Gasteiger partial charge in [0.05, 0.1) is 0 Å². The van der Waals surface area contributed by atoms with Gasteiger partial charge < -0.3 is 11.1 Å². The van der Waals surface area contributed by atoms with E-state index >= 15 is 0 Å². The first-order chi connectivity index (χ1) is 8.15. The highest BCUT2D eigenvalue weighted by atomic mass is 32.2. The first-order valence-electron chi connectivity index (χ1n) is 5.83. The molecule has 0 aliphatic carbocycles. The molecule has 2 atom stereocenters. The van der Waals surface area contributed by atoms with E-state index in [1.807, 2.05) is 49.0 Å². The van der Waals surface area contributed by atoms with E-state index in [2.05, 4.69) is 12.2 Å². The summed E-state index contributed by atoms with van der Waals surface area (Å²) < 4.78 is 0. The van der Waals surface area contributed by atoms with Crippen LogP contribution in [0.5, 0.6) is 0 Å². The Labute approximate surface area is 107 Å². The SMILES string of the molecule is CCSCC(C)NC(=O)[C@@H](N)c1ccccc1. The molecule has 1 unspecified atom stereocenters. The molecule has 0 radical (unpaired) electrons. The van der Waals surface area contributed by atoms with E-state index in [-0.39, 0.29) is 11.9 Å². The maximum atomic E-state index is 11.9. The van der Waals surface area contributed by atoms with Crippen LogP contribution in [0.25, 0.3) is 0 Å². The lowest BCUT2D eigenvalue weighted by atomic mass is 10.1. The molecule has 1 aromatic carbocycles. The normalized spacial score (nSPS) is 14.1. The van der Waals surface area contributed by atoms with E-state index in [1.54, 1.807) is 0 Å². The number of rotatable bonds is 6. The van der Waals surface area contributed by atoms with Crippen LogP contribution in [-0.2, 0) is 4.79 Å². The highest BCUT2D eigenvalue weighted by Crippen LogP contribution is 2.10. The molecule has 1 aromatic rings. The van der Waals surface area contributed by atoms with Gasteiger partial charge in [-0.1, -0.05) is 37.3 Å². The van der Waals surface area contributed by atoms with Crippen LogP contribution >= 0.6 is 11.8 Å². The van der Waals surface area contributed by atoms with Crippen molar-refractivity contribution in [3.8, 4) is 0 Å². The van der Waals surface area contributed by atoms with Crippen LogP contribution in [0.2, 0.25) is 0 Å². The highest BCUT2D eigenvalue weighted by Gasteiger charge is 2.16. The van der Waals surface area contributed by atoms with E-state index < -0.39 is 6.04 Å². The van der Waals surface area contributed by atoms with Crippen molar-refractivity contribution in [1.82, 2.24) is 5.32 Å². The predicted molar refractivity (Wildman–Crippen MR) is 74.0 cm³/mol. The Kier molecular flexibility index (Phi) is 6.08. The van der Waals surface area contributed by atoms with Crippen molar-refractivity contribution < 1.29 is 4.79 Å². The van der Waals surface area contributed by atoms with Crippen LogP contribution in [0.4, 0.5) is 0 Å². The zero-order valence-electron chi connectivity index (χ0n) is 10.3. The van der Waals surface area contributed by atoms with Crippen molar-refractivity contribution in [2.45, 2.75) is 25.9 Å². The fourth-order valence-corrected chi connectivity index (χ4v) is 2.15. The molecule has 3 N–H and O–H groups in total. The molecule has 0 aliphatic heterocycles. The van der Waals surface area contributed by atoms with Crippen molar-refractivity contribution in [2.24, 2.45) is 5.73 Å². The lowest BCUT2D eigenvalue weighted by Crippen LogP contribution is -2.40. The van der Waals surface area contributed by atoms with Crippen molar-refractivity contribution in [1.29, 1.82) is 0 Å². The molecule has 0 saturated carbocycles. The van der Waals surface area contributed by atoms with Gasteiger partial charge in [-0.3, -0.25) is 4.79 Å². The van der Waals surface area contributed by atoms with Gasteiger partial charge in [-0.2, -0.15) is 11.8 Å². The summed E-state index contributed by atoms with van der Waals surface area (Å²) >= 11 is 1.81. The summed E-state index contributed by atoms with van der Waals surface area (Å²) in [5.41, 5.74) is 6.74. The van der Waals surface area contributed by atoms with Crippen LogP contribution in [0, 0.1) is 0 Å². The first-order valence-corrected chi connectivity index (χ1v) is 6.99. The van der Waals surface area contributed by atoms with E-state index in [0.717, 1.165) is 17.1 Å². The standard InChI is InChI=1S/C13H20N2OS/c1-3-17-9-10(2)15-13(16)12(14)11-7-5-4-6-8-11/h4-8,10,12H,3,9,14H2,1-2H3,(H,15,16)/t10?,12-/m0/s1. The second-order valence-electron chi connectivity index (χ2n) is 3.96. The van der Waals surface area contributed by atoms with Crippen LogP contribution < -0.4 is 11.1 Å². The number of carbonyl (C=O) groups excluding carboxylic acids is 1. The van der Waals surface area contributed by atoms with Crippen LogP contribution in [0.1, 0.15) is 25.5 Å². The summed E-state index contributed by atoms with van der Waals surface area (Å²) in [6.45, 7) is 4.10. The van der Waals surface area contributed by atoms with Gasteiger partial charge in [0.2, 0.25) is 5.91 Å². The van der Waals surface area contributed by atoms with Crippen molar-refractivity contribution in [2.75, 3.05) is 11.5 Å². The summed E-state index contributed by atoms with van der Waals surface area (Å²) in [6, 6.07) is 9.00. The monoisotopic (exact) mass is 252 g/mol. The Hall–Kier alpha value is -1.00. The third-order valence-electron chi connectivity index (χ3n) is 2.40. The summed E-state index contributed by atoms with van der Waals surface area (Å²) in [4.78, 5) is 11.9. The van der Waals surface area contributed by atoms with E-state index in [4.69, 9.17) is 5.73 Å². The van der Waals surface area contributed by atoms with Gasteiger partial charge in [0.1, 0.15) is 6.04 Å². The summed E-state index contributed by atoms with van der Waals surface area (Å²) in [5.74, 6) is 1.87. The molecule has 0 saturated heterocycles. The first kappa shape index (κ1) is 14.1. The molecule has 0 heterocycles. The minimum absolute atomic E-state index is 0.111. The Balaban J connectivity index is 2.47. The molecule has 4 heteroatoms. The molecule has 94 valence electrons. The van der Waals surface area contributed by atoms with E-state index in [9.17, 15) is 4.79 Å². The van der Waals surface area contributed by atoms with Gasteiger partial charge in [0.25, 0.3) is 0 Å². The number of hydrogen-bond donors (Lipinski definition) is 2. The van der Waals surface area contributed by atoms with E-state index in [0.29, 0.717) is 0 Å². The van der Waals surface area contributed by atoms with Gasteiger partial charge in [0.15, 0.2) is 0 Å². The highest BCUT2D eigenvalue weighted by molar-refractivity contribution is 7.99. The van der Waals surface area contributed by atoms with Crippen molar-refractivity contribution >= 4 is 17.7 Å².